The molecule has 0 spiro atoms. The number of benzene rings is 1. The van der Waals surface area contributed by atoms with Crippen LogP contribution in [0, 0.1) is 5.41 Å². The largest absolute Gasteiger partial charge is 0.497 e. The summed E-state index contributed by atoms with van der Waals surface area (Å²) in [5.74, 6) is -0.391. The van der Waals surface area contributed by atoms with E-state index in [4.69, 9.17) is 15.2 Å². The fourth-order valence-corrected chi connectivity index (χ4v) is 5.31. The normalized spacial score (nSPS) is 26.6. The molecule has 0 radical (unpaired) electrons. The first-order valence-electron chi connectivity index (χ1n) is 7.61. The fraction of sp³-hybridized carbons (Fsp3) is 0.562. The van der Waals surface area contributed by atoms with E-state index in [1.54, 1.807) is 45.2 Å². The van der Waals surface area contributed by atoms with Crippen molar-refractivity contribution in [2.24, 2.45) is 11.1 Å². The molecule has 0 bridgehead atoms. The van der Waals surface area contributed by atoms with E-state index in [2.05, 4.69) is 0 Å². The van der Waals surface area contributed by atoms with E-state index in [0.717, 1.165) is 5.56 Å². The lowest BCUT2D eigenvalue weighted by molar-refractivity contribution is -0.149. The van der Waals surface area contributed by atoms with Crippen LogP contribution in [-0.4, -0.2) is 45.7 Å². The Balaban J connectivity index is 2.47. The summed E-state index contributed by atoms with van der Waals surface area (Å²) in [6.45, 7) is 3.39. The Morgan fingerprint density at radius 1 is 1.26 bits per heavy atom. The number of esters is 1. The number of nitrogens with two attached hydrogens (primary N) is 1. The van der Waals surface area contributed by atoms with Gasteiger partial charge in [0.1, 0.15) is 11.2 Å². The van der Waals surface area contributed by atoms with Crippen LogP contribution >= 0.6 is 0 Å². The summed E-state index contributed by atoms with van der Waals surface area (Å²) in [6, 6.07) is 7.04. The summed E-state index contributed by atoms with van der Waals surface area (Å²) in [4.78, 5) is 12.4. The van der Waals surface area contributed by atoms with E-state index in [0.29, 0.717) is 5.75 Å². The molecule has 23 heavy (non-hydrogen) atoms. The maximum absolute atomic E-state index is 12.5. The number of carbonyl (C=O) groups excluding carboxylic acids is 1. The highest BCUT2D eigenvalue weighted by molar-refractivity contribution is 7.92. The van der Waals surface area contributed by atoms with Crippen LogP contribution in [0.5, 0.6) is 5.75 Å². The molecule has 3 atom stereocenters. The molecular weight excluding hydrogens is 318 g/mol. The van der Waals surface area contributed by atoms with E-state index in [1.807, 2.05) is 0 Å². The molecule has 1 aliphatic rings. The maximum atomic E-state index is 12.5. The van der Waals surface area contributed by atoms with E-state index in [1.165, 1.54) is 0 Å². The predicted molar refractivity (Wildman–Crippen MR) is 87.1 cm³/mol. The SMILES string of the molecule is CCOC(=O)[C@]1(CN)[C@H](c2ccc(OC)cc2)[C@H]1S(=O)(=O)CC. The second-order valence-corrected chi connectivity index (χ2v) is 8.00. The molecule has 1 saturated carbocycles. The quantitative estimate of drug-likeness (QED) is 0.746. The number of sulfone groups is 1. The van der Waals surface area contributed by atoms with Gasteiger partial charge < -0.3 is 15.2 Å². The summed E-state index contributed by atoms with van der Waals surface area (Å²) in [7, 11) is -1.88. The Bertz CT molecular complexity index is 670. The minimum atomic E-state index is -3.43. The summed E-state index contributed by atoms with van der Waals surface area (Å²) in [5.41, 5.74) is 5.40. The molecule has 0 aliphatic heterocycles. The molecule has 0 saturated heterocycles. The van der Waals surface area contributed by atoms with Crippen LogP contribution in [0.25, 0.3) is 0 Å². The maximum Gasteiger partial charge on any atom is 0.315 e. The molecule has 7 heteroatoms. The smallest absolute Gasteiger partial charge is 0.315 e. The molecule has 1 aromatic carbocycles. The van der Waals surface area contributed by atoms with E-state index in [-0.39, 0.29) is 18.9 Å². The number of hydrogen-bond acceptors (Lipinski definition) is 6. The molecule has 1 aromatic rings. The molecule has 0 aromatic heterocycles. The minimum absolute atomic E-state index is 0.0362. The average molecular weight is 341 g/mol. The number of rotatable bonds is 7. The van der Waals surface area contributed by atoms with Gasteiger partial charge in [-0.05, 0) is 24.6 Å². The Kier molecular flexibility index (Phi) is 5.01. The van der Waals surface area contributed by atoms with Crippen LogP contribution in [0.3, 0.4) is 0 Å². The zero-order valence-corrected chi connectivity index (χ0v) is 14.4. The summed E-state index contributed by atoms with van der Waals surface area (Å²) in [6.07, 6.45) is 0. The minimum Gasteiger partial charge on any atom is -0.497 e. The van der Waals surface area contributed by atoms with Gasteiger partial charge in [-0.1, -0.05) is 19.1 Å². The predicted octanol–water partition coefficient (Wildman–Crippen LogP) is 1.10. The van der Waals surface area contributed by atoms with Gasteiger partial charge in [0.2, 0.25) is 0 Å². The topological polar surface area (TPSA) is 95.7 Å². The standard InChI is InChI=1S/C16H23NO5S/c1-4-22-15(18)16(10-17)13(14(16)23(19,20)5-2)11-6-8-12(21-3)9-7-11/h6-9,13-14H,4-5,10,17H2,1-3H3/t13-,14-,16-/m1/s1. The third-order valence-corrected chi connectivity index (χ3v) is 6.79. The van der Waals surface area contributed by atoms with Gasteiger partial charge in [0, 0.05) is 18.2 Å². The lowest BCUT2D eigenvalue weighted by atomic mass is 9.99. The molecule has 128 valence electrons. The van der Waals surface area contributed by atoms with Crippen molar-refractivity contribution in [2.45, 2.75) is 25.0 Å². The van der Waals surface area contributed by atoms with Crippen molar-refractivity contribution in [3.8, 4) is 5.75 Å². The Hall–Kier alpha value is -1.60. The van der Waals surface area contributed by atoms with Gasteiger partial charge in [0.25, 0.3) is 0 Å². The first kappa shape index (κ1) is 17.7. The van der Waals surface area contributed by atoms with Gasteiger partial charge in [-0.2, -0.15) is 0 Å². The molecule has 2 rings (SSSR count). The van der Waals surface area contributed by atoms with Crippen molar-refractivity contribution >= 4 is 15.8 Å². The molecule has 0 heterocycles. The van der Waals surface area contributed by atoms with E-state index in [9.17, 15) is 13.2 Å². The van der Waals surface area contributed by atoms with E-state index >= 15 is 0 Å². The van der Waals surface area contributed by atoms with Crippen molar-refractivity contribution < 1.29 is 22.7 Å². The Labute approximate surface area is 136 Å². The van der Waals surface area contributed by atoms with Crippen molar-refractivity contribution in [3.63, 3.8) is 0 Å². The summed E-state index contributed by atoms with van der Waals surface area (Å²) < 4.78 is 35.2. The second-order valence-electron chi connectivity index (χ2n) is 5.59. The lowest BCUT2D eigenvalue weighted by Gasteiger charge is -2.14. The zero-order valence-electron chi connectivity index (χ0n) is 13.6. The van der Waals surface area contributed by atoms with Crippen molar-refractivity contribution in [3.05, 3.63) is 29.8 Å². The highest BCUT2D eigenvalue weighted by Gasteiger charge is 2.75. The van der Waals surface area contributed by atoms with Crippen molar-refractivity contribution in [1.82, 2.24) is 0 Å². The van der Waals surface area contributed by atoms with Crippen molar-refractivity contribution in [1.29, 1.82) is 0 Å². The van der Waals surface area contributed by atoms with Crippen LogP contribution < -0.4 is 10.5 Å². The van der Waals surface area contributed by atoms with Gasteiger partial charge in [0.15, 0.2) is 9.84 Å². The second kappa shape index (κ2) is 6.49. The van der Waals surface area contributed by atoms with Crippen LogP contribution in [-0.2, 0) is 19.4 Å². The monoisotopic (exact) mass is 341 g/mol. The van der Waals surface area contributed by atoms with Crippen molar-refractivity contribution in [2.75, 3.05) is 26.0 Å². The highest BCUT2D eigenvalue weighted by atomic mass is 32.2. The van der Waals surface area contributed by atoms with Gasteiger partial charge in [-0.3, -0.25) is 4.79 Å². The average Bonchev–Trinajstić information content (AvgIpc) is 3.26. The fourth-order valence-electron chi connectivity index (χ4n) is 3.23. The summed E-state index contributed by atoms with van der Waals surface area (Å²) in [5, 5.41) is -0.836. The lowest BCUT2D eigenvalue weighted by Crippen LogP contribution is -2.34. The molecule has 1 aliphatic carbocycles. The highest BCUT2D eigenvalue weighted by Crippen LogP contribution is 2.63. The molecule has 6 nitrogen and oxygen atoms in total. The molecule has 0 unspecified atom stereocenters. The number of carbonyl (C=O) groups is 1. The van der Waals surface area contributed by atoms with Crippen LogP contribution in [0.2, 0.25) is 0 Å². The molecule has 0 amide bonds. The van der Waals surface area contributed by atoms with Gasteiger partial charge in [-0.25, -0.2) is 8.42 Å². The van der Waals surface area contributed by atoms with Crippen LogP contribution in [0.4, 0.5) is 0 Å². The summed E-state index contributed by atoms with van der Waals surface area (Å²) >= 11 is 0. The third kappa shape index (κ3) is 2.83. The Morgan fingerprint density at radius 2 is 1.87 bits per heavy atom. The van der Waals surface area contributed by atoms with Crippen LogP contribution in [0.15, 0.2) is 24.3 Å². The van der Waals surface area contributed by atoms with E-state index < -0.39 is 32.4 Å². The van der Waals surface area contributed by atoms with Gasteiger partial charge >= 0.3 is 5.97 Å². The third-order valence-electron chi connectivity index (χ3n) is 4.51. The first-order valence-corrected chi connectivity index (χ1v) is 9.33. The van der Waals surface area contributed by atoms with Gasteiger partial charge in [0.05, 0.1) is 19.0 Å². The number of ether oxygens (including phenoxy) is 2. The molecule has 2 N–H and O–H groups in total. The number of methoxy groups -OCH3 is 1. The zero-order chi connectivity index (χ0) is 17.3. The number of hydrogen-bond donors (Lipinski definition) is 1. The molecule has 1 fully saturated rings. The van der Waals surface area contributed by atoms with Gasteiger partial charge in [-0.15, -0.1) is 0 Å². The molecular formula is C16H23NO5S. The van der Waals surface area contributed by atoms with Crippen LogP contribution in [0.1, 0.15) is 25.3 Å². The Morgan fingerprint density at radius 3 is 2.30 bits per heavy atom. The first-order chi connectivity index (χ1) is 10.9.